The minimum atomic E-state index is -3.48. The standard InChI is InChI=1S/C14H23ClN2O3S/c1-11(2)10-16-4-6-17(7-5-16)21(18,19)14-8-13(9-15)20-12(14)3/h8,11H,4-7,9-10H2,1-3H3. The second kappa shape index (κ2) is 6.69. The van der Waals surface area contributed by atoms with Gasteiger partial charge in [-0.2, -0.15) is 4.31 Å². The van der Waals surface area contributed by atoms with Crippen molar-refractivity contribution < 1.29 is 12.8 Å². The van der Waals surface area contributed by atoms with Crippen LogP contribution < -0.4 is 0 Å². The topological polar surface area (TPSA) is 53.8 Å². The van der Waals surface area contributed by atoms with Crippen LogP contribution in [0.15, 0.2) is 15.4 Å². The van der Waals surface area contributed by atoms with Gasteiger partial charge in [0.15, 0.2) is 0 Å². The lowest BCUT2D eigenvalue weighted by molar-refractivity contribution is 0.172. The molecule has 0 N–H and O–H groups in total. The zero-order chi connectivity index (χ0) is 15.6. The van der Waals surface area contributed by atoms with Crippen LogP contribution in [0.25, 0.3) is 0 Å². The number of alkyl halides is 1. The van der Waals surface area contributed by atoms with Gasteiger partial charge in [0.1, 0.15) is 16.4 Å². The van der Waals surface area contributed by atoms with Crippen molar-refractivity contribution in [2.75, 3.05) is 32.7 Å². The second-order valence-electron chi connectivity index (χ2n) is 5.87. The van der Waals surface area contributed by atoms with Crippen molar-refractivity contribution in [2.24, 2.45) is 5.92 Å². The number of halogens is 1. The Bertz CT molecular complexity index is 575. The number of sulfonamides is 1. The Kier molecular flexibility index (Phi) is 5.35. The molecule has 0 radical (unpaired) electrons. The molecule has 0 bridgehead atoms. The first kappa shape index (κ1) is 16.8. The molecule has 0 atom stereocenters. The van der Waals surface area contributed by atoms with E-state index < -0.39 is 10.0 Å². The summed E-state index contributed by atoms with van der Waals surface area (Å²) in [5.41, 5.74) is 0. The molecule has 0 saturated carbocycles. The van der Waals surface area contributed by atoms with Gasteiger partial charge in [-0.3, -0.25) is 0 Å². The molecule has 5 nitrogen and oxygen atoms in total. The molecule has 21 heavy (non-hydrogen) atoms. The number of rotatable bonds is 5. The summed E-state index contributed by atoms with van der Waals surface area (Å²) in [6.45, 7) is 9.61. The van der Waals surface area contributed by atoms with E-state index in [-0.39, 0.29) is 10.8 Å². The molecule has 7 heteroatoms. The first-order chi connectivity index (χ1) is 9.84. The Hall–Kier alpha value is -0.560. The first-order valence-corrected chi connectivity index (χ1v) is 9.20. The molecule has 1 saturated heterocycles. The number of piperazine rings is 1. The highest BCUT2D eigenvalue weighted by Gasteiger charge is 2.31. The average Bonchev–Trinajstić information content (AvgIpc) is 2.81. The van der Waals surface area contributed by atoms with Crippen LogP contribution in [0.2, 0.25) is 0 Å². The van der Waals surface area contributed by atoms with Crippen molar-refractivity contribution >= 4 is 21.6 Å². The molecule has 0 aliphatic carbocycles. The SMILES string of the molecule is Cc1oc(CCl)cc1S(=O)(=O)N1CCN(CC(C)C)CC1. The molecule has 2 rings (SSSR count). The zero-order valence-corrected chi connectivity index (χ0v) is 14.4. The predicted octanol–water partition coefficient (Wildman–Crippen LogP) is 2.29. The fourth-order valence-corrected chi connectivity index (χ4v) is 4.39. The Morgan fingerprint density at radius 3 is 2.38 bits per heavy atom. The highest BCUT2D eigenvalue weighted by molar-refractivity contribution is 7.89. The minimum absolute atomic E-state index is 0.179. The highest BCUT2D eigenvalue weighted by Crippen LogP contribution is 2.25. The van der Waals surface area contributed by atoms with Crippen molar-refractivity contribution in [3.63, 3.8) is 0 Å². The molecule has 0 unspecified atom stereocenters. The monoisotopic (exact) mass is 334 g/mol. The summed E-state index contributed by atoms with van der Waals surface area (Å²) in [6, 6.07) is 1.54. The molecule has 0 spiro atoms. The van der Waals surface area contributed by atoms with Crippen LogP contribution in [-0.4, -0.2) is 50.3 Å². The largest absolute Gasteiger partial charge is 0.464 e. The third-order valence-electron chi connectivity index (χ3n) is 3.63. The van der Waals surface area contributed by atoms with Crippen molar-refractivity contribution in [2.45, 2.75) is 31.5 Å². The molecule has 2 heterocycles. The fourth-order valence-electron chi connectivity index (χ4n) is 2.65. The summed E-state index contributed by atoms with van der Waals surface area (Å²) in [6.07, 6.45) is 0. The molecule has 1 aliphatic rings. The van der Waals surface area contributed by atoms with Gasteiger partial charge in [0.2, 0.25) is 10.0 Å². The van der Waals surface area contributed by atoms with Crippen molar-refractivity contribution in [1.82, 2.24) is 9.21 Å². The quantitative estimate of drug-likeness (QED) is 0.775. The summed E-state index contributed by atoms with van der Waals surface area (Å²) in [4.78, 5) is 2.55. The summed E-state index contributed by atoms with van der Waals surface area (Å²) in [5, 5.41) is 0. The van der Waals surface area contributed by atoms with Gasteiger partial charge in [0, 0.05) is 38.8 Å². The maximum atomic E-state index is 12.7. The second-order valence-corrected chi connectivity index (χ2v) is 8.04. The van der Waals surface area contributed by atoms with Crippen LogP contribution in [0.1, 0.15) is 25.4 Å². The third kappa shape index (κ3) is 3.80. The fraction of sp³-hybridized carbons (Fsp3) is 0.714. The molecule has 0 amide bonds. The van der Waals surface area contributed by atoms with Crippen molar-refractivity contribution in [3.05, 3.63) is 17.6 Å². The first-order valence-electron chi connectivity index (χ1n) is 7.22. The molecule has 0 aromatic carbocycles. The number of aryl methyl sites for hydroxylation is 1. The van der Waals surface area contributed by atoms with Gasteiger partial charge in [0.05, 0.1) is 5.88 Å². The Morgan fingerprint density at radius 2 is 1.90 bits per heavy atom. The average molecular weight is 335 g/mol. The van der Waals surface area contributed by atoms with Crippen LogP contribution in [0.4, 0.5) is 0 Å². The number of hydrogen-bond donors (Lipinski definition) is 0. The van der Waals surface area contributed by atoms with E-state index in [1.165, 1.54) is 6.07 Å². The van der Waals surface area contributed by atoms with E-state index in [9.17, 15) is 8.42 Å². The molecule has 1 aromatic heterocycles. The normalized spacial score (nSPS) is 18.5. The number of nitrogens with zero attached hydrogens (tertiary/aromatic N) is 2. The number of hydrogen-bond acceptors (Lipinski definition) is 4. The van der Waals surface area contributed by atoms with Crippen LogP contribution in [-0.2, 0) is 15.9 Å². The minimum Gasteiger partial charge on any atom is -0.464 e. The summed E-state index contributed by atoms with van der Waals surface area (Å²) < 4.78 is 32.2. The molecule has 1 fully saturated rings. The molecule has 1 aliphatic heterocycles. The molecule has 1 aromatic rings. The Balaban J connectivity index is 2.09. The highest BCUT2D eigenvalue weighted by atomic mass is 35.5. The lowest BCUT2D eigenvalue weighted by Crippen LogP contribution is -2.49. The summed E-state index contributed by atoms with van der Waals surface area (Å²) >= 11 is 5.71. The van der Waals surface area contributed by atoms with Gasteiger partial charge in [0.25, 0.3) is 0 Å². The van der Waals surface area contributed by atoms with E-state index in [4.69, 9.17) is 16.0 Å². The number of furan rings is 1. The maximum absolute atomic E-state index is 12.7. The van der Waals surface area contributed by atoms with Crippen molar-refractivity contribution in [3.8, 4) is 0 Å². The van der Waals surface area contributed by atoms with E-state index in [1.54, 1.807) is 11.2 Å². The van der Waals surface area contributed by atoms with Gasteiger partial charge in [-0.15, -0.1) is 11.6 Å². The van der Waals surface area contributed by atoms with Crippen molar-refractivity contribution in [1.29, 1.82) is 0 Å². The zero-order valence-electron chi connectivity index (χ0n) is 12.8. The van der Waals surface area contributed by atoms with Gasteiger partial charge in [-0.1, -0.05) is 13.8 Å². The lowest BCUT2D eigenvalue weighted by atomic mass is 10.2. The van der Waals surface area contributed by atoms with Gasteiger partial charge < -0.3 is 9.32 Å². The third-order valence-corrected chi connectivity index (χ3v) is 5.90. The Labute approximate surface area is 131 Å². The smallest absolute Gasteiger partial charge is 0.246 e. The van der Waals surface area contributed by atoms with Crippen LogP contribution in [0, 0.1) is 12.8 Å². The van der Waals surface area contributed by atoms with Gasteiger partial charge in [-0.25, -0.2) is 8.42 Å². The van der Waals surface area contributed by atoms with Crippen LogP contribution in [0.5, 0.6) is 0 Å². The van der Waals surface area contributed by atoms with Crippen LogP contribution >= 0.6 is 11.6 Å². The Morgan fingerprint density at radius 1 is 1.29 bits per heavy atom. The lowest BCUT2D eigenvalue weighted by Gasteiger charge is -2.34. The maximum Gasteiger partial charge on any atom is 0.246 e. The van der Waals surface area contributed by atoms with E-state index in [2.05, 4.69) is 18.7 Å². The van der Waals surface area contributed by atoms with Crippen LogP contribution in [0.3, 0.4) is 0 Å². The van der Waals surface area contributed by atoms with E-state index in [1.807, 2.05) is 0 Å². The molecular formula is C14H23ClN2O3S. The van der Waals surface area contributed by atoms with E-state index >= 15 is 0 Å². The summed E-state index contributed by atoms with van der Waals surface area (Å²) in [5.74, 6) is 1.68. The van der Waals surface area contributed by atoms with E-state index in [0.29, 0.717) is 30.5 Å². The van der Waals surface area contributed by atoms with E-state index in [0.717, 1.165) is 19.6 Å². The molecule has 120 valence electrons. The summed E-state index contributed by atoms with van der Waals surface area (Å²) in [7, 11) is -3.48. The molecular weight excluding hydrogens is 312 g/mol. The predicted molar refractivity (Wildman–Crippen MR) is 83.0 cm³/mol. The van der Waals surface area contributed by atoms with Gasteiger partial charge in [-0.05, 0) is 12.8 Å². The van der Waals surface area contributed by atoms with Gasteiger partial charge >= 0.3 is 0 Å².